The number of carbonyl (C=O) groups is 1. The SMILES string of the molecule is CCCn1c(=O)c2sc(N3CCCC3)nc2n(CC(=O)Nc2ccccc2Br)c1=O. The molecule has 0 unspecified atom stereocenters. The standard InChI is InChI=1S/C20H22BrN5O3S/c1-2-9-25-18(28)16-17(23-19(30-16)24-10-5-6-11-24)26(20(25)29)12-15(27)22-14-8-4-3-7-13(14)21/h3-4,7-8H,2,5-6,9-12H2,1H3,(H,22,27). The van der Waals surface area contributed by atoms with E-state index in [0.29, 0.717) is 23.4 Å². The first-order valence-electron chi connectivity index (χ1n) is 9.93. The molecule has 30 heavy (non-hydrogen) atoms. The largest absolute Gasteiger partial charge is 0.348 e. The van der Waals surface area contributed by atoms with Crippen molar-refractivity contribution in [3.8, 4) is 0 Å². The number of halogens is 1. The van der Waals surface area contributed by atoms with Gasteiger partial charge in [0.2, 0.25) is 5.91 Å². The Morgan fingerprint density at radius 3 is 2.63 bits per heavy atom. The normalized spacial score (nSPS) is 13.9. The number of para-hydroxylation sites is 1. The van der Waals surface area contributed by atoms with Gasteiger partial charge >= 0.3 is 5.69 Å². The Morgan fingerprint density at radius 2 is 1.93 bits per heavy atom. The number of hydrogen-bond donors (Lipinski definition) is 1. The van der Waals surface area contributed by atoms with Gasteiger partial charge < -0.3 is 10.2 Å². The van der Waals surface area contributed by atoms with Crippen LogP contribution in [0.4, 0.5) is 10.8 Å². The van der Waals surface area contributed by atoms with Crippen molar-refractivity contribution in [1.29, 1.82) is 0 Å². The Balaban J connectivity index is 1.76. The molecule has 1 N–H and O–H groups in total. The van der Waals surface area contributed by atoms with E-state index in [1.165, 1.54) is 20.5 Å². The lowest BCUT2D eigenvalue weighted by molar-refractivity contribution is -0.116. The Kier molecular flexibility index (Phi) is 6.05. The maximum atomic E-state index is 13.1. The highest BCUT2D eigenvalue weighted by Crippen LogP contribution is 2.28. The first-order valence-corrected chi connectivity index (χ1v) is 11.5. The lowest BCUT2D eigenvalue weighted by Crippen LogP contribution is -2.41. The van der Waals surface area contributed by atoms with E-state index < -0.39 is 5.69 Å². The Labute approximate surface area is 185 Å². The molecule has 158 valence electrons. The minimum atomic E-state index is -0.505. The number of thiazole rings is 1. The average molecular weight is 492 g/mol. The van der Waals surface area contributed by atoms with Crippen LogP contribution in [0.1, 0.15) is 26.2 Å². The molecule has 1 aliphatic rings. The van der Waals surface area contributed by atoms with Crippen molar-refractivity contribution in [1.82, 2.24) is 14.1 Å². The smallest absolute Gasteiger partial charge is 0.333 e. The molecule has 0 atom stereocenters. The molecule has 0 aliphatic carbocycles. The van der Waals surface area contributed by atoms with Crippen LogP contribution >= 0.6 is 27.3 Å². The molecule has 0 saturated carbocycles. The molecule has 0 bridgehead atoms. The zero-order chi connectivity index (χ0) is 21.3. The van der Waals surface area contributed by atoms with E-state index in [9.17, 15) is 14.4 Å². The fourth-order valence-corrected chi connectivity index (χ4v) is 5.03. The second kappa shape index (κ2) is 8.73. The van der Waals surface area contributed by atoms with Gasteiger partial charge in [0.25, 0.3) is 5.56 Å². The molecule has 1 saturated heterocycles. The minimum absolute atomic E-state index is 0.218. The number of nitrogens with zero attached hydrogens (tertiary/aromatic N) is 4. The van der Waals surface area contributed by atoms with Crippen molar-refractivity contribution in [3.63, 3.8) is 0 Å². The zero-order valence-corrected chi connectivity index (χ0v) is 19.0. The molecule has 4 rings (SSSR count). The third kappa shape index (κ3) is 3.93. The third-order valence-corrected chi connectivity index (χ3v) is 6.81. The summed E-state index contributed by atoms with van der Waals surface area (Å²) in [6.07, 6.45) is 2.80. The second-order valence-electron chi connectivity index (χ2n) is 7.20. The highest BCUT2D eigenvalue weighted by Gasteiger charge is 2.23. The predicted molar refractivity (Wildman–Crippen MR) is 123 cm³/mol. The van der Waals surface area contributed by atoms with Crippen LogP contribution in [0.3, 0.4) is 0 Å². The molecule has 1 aromatic carbocycles. The first kappa shape index (κ1) is 20.8. The summed E-state index contributed by atoms with van der Waals surface area (Å²) in [5, 5.41) is 3.54. The van der Waals surface area contributed by atoms with E-state index in [1.807, 2.05) is 25.1 Å². The third-order valence-electron chi connectivity index (χ3n) is 5.03. The summed E-state index contributed by atoms with van der Waals surface area (Å²) >= 11 is 4.70. The molecule has 10 heteroatoms. The molecule has 1 aliphatic heterocycles. The van der Waals surface area contributed by atoms with Gasteiger partial charge in [-0.15, -0.1) is 0 Å². The predicted octanol–water partition coefficient (Wildman–Crippen LogP) is 3.03. The molecule has 0 radical (unpaired) electrons. The quantitative estimate of drug-likeness (QED) is 0.572. The highest BCUT2D eigenvalue weighted by molar-refractivity contribution is 9.10. The van der Waals surface area contributed by atoms with Crippen LogP contribution in [-0.4, -0.2) is 33.1 Å². The molecule has 0 spiro atoms. The van der Waals surface area contributed by atoms with Gasteiger partial charge in [0, 0.05) is 24.1 Å². The van der Waals surface area contributed by atoms with E-state index in [2.05, 4.69) is 31.1 Å². The van der Waals surface area contributed by atoms with Gasteiger partial charge in [-0.05, 0) is 47.3 Å². The van der Waals surface area contributed by atoms with Gasteiger partial charge in [0.15, 0.2) is 10.8 Å². The number of aromatic nitrogens is 3. The number of hydrogen-bond acceptors (Lipinski definition) is 6. The second-order valence-corrected chi connectivity index (χ2v) is 9.03. The van der Waals surface area contributed by atoms with Crippen LogP contribution in [0.15, 0.2) is 38.3 Å². The molecule has 3 aromatic rings. The maximum absolute atomic E-state index is 13.1. The monoisotopic (exact) mass is 491 g/mol. The van der Waals surface area contributed by atoms with Crippen molar-refractivity contribution in [2.75, 3.05) is 23.3 Å². The molecule has 2 aromatic heterocycles. The van der Waals surface area contributed by atoms with E-state index in [4.69, 9.17) is 0 Å². The first-order chi connectivity index (χ1) is 14.5. The van der Waals surface area contributed by atoms with E-state index in [0.717, 1.165) is 35.5 Å². The van der Waals surface area contributed by atoms with Crippen LogP contribution < -0.4 is 21.5 Å². The lowest BCUT2D eigenvalue weighted by Gasteiger charge is -2.12. The summed E-state index contributed by atoms with van der Waals surface area (Å²) in [5.41, 5.74) is 0.0633. The van der Waals surface area contributed by atoms with Gasteiger partial charge in [-0.2, -0.15) is 0 Å². The minimum Gasteiger partial charge on any atom is -0.348 e. The van der Waals surface area contributed by atoms with Crippen molar-refractivity contribution in [2.24, 2.45) is 0 Å². The summed E-state index contributed by atoms with van der Waals surface area (Å²) in [6.45, 7) is 3.76. The van der Waals surface area contributed by atoms with Crippen LogP contribution in [0.5, 0.6) is 0 Å². The van der Waals surface area contributed by atoms with Crippen LogP contribution in [0.2, 0.25) is 0 Å². The van der Waals surface area contributed by atoms with Gasteiger partial charge in [-0.1, -0.05) is 30.4 Å². The van der Waals surface area contributed by atoms with Crippen molar-refractivity contribution in [2.45, 2.75) is 39.3 Å². The van der Waals surface area contributed by atoms with E-state index in [1.54, 1.807) is 6.07 Å². The van der Waals surface area contributed by atoms with Crippen molar-refractivity contribution < 1.29 is 4.79 Å². The van der Waals surface area contributed by atoms with Crippen molar-refractivity contribution in [3.05, 3.63) is 49.6 Å². The van der Waals surface area contributed by atoms with Gasteiger partial charge in [-0.3, -0.25) is 18.7 Å². The number of anilines is 2. The van der Waals surface area contributed by atoms with Crippen LogP contribution in [-0.2, 0) is 17.9 Å². The summed E-state index contributed by atoms with van der Waals surface area (Å²) < 4.78 is 3.68. The number of amides is 1. The molecular formula is C20H22BrN5O3S. The Bertz CT molecular complexity index is 1210. The molecule has 1 amide bonds. The molecule has 1 fully saturated rings. The van der Waals surface area contributed by atoms with E-state index in [-0.39, 0.29) is 23.7 Å². The lowest BCUT2D eigenvalue weighted by atomic mass is 10.3. The summed E-state index contributed by atoms with van der Waals surface area (Å²) in [4.78, 5) is 45.5. The number of fused-ring (bicyclic) bond motifs is 1. The van der Waals surface area contributed by atoms with Crippen LogP contribution in [0.25, 0.3) is 10.3 Å². The Morgan fingerprint density at radius 1 is 1.20 bits per heavy atom. The number of benzene rings is 1. The average Bonchev–Trinajstić information content (AvgIpc) is 3.40. The number of rotatable bonds is 6. The summed E-state index contributed by atoms with van der Waals surface area (Å²) in [6, 6.07) is 7.26. The topological polar surface area (TPSA) is 89.2 Å². The molecule has 8 nitrogen and oxygen atoms in total. The Hall–Kier alpha value is -2.46. The van der Waals surface area contributed by atoms with Gasteiger partial charge in [-0.25, -0.2) is 9.78 Å². The number of nitrogens with one attached hydrogen (secondary N) is 1. The maximum Gasteiger partial charge on any atom is 0.333 e. The zero-order valence-electron chi connectivity index (χ0n) is 16.6. The van der Waals surface area contributed by atoms with Gasteiger partial charge in [0.1, 0.15) is 11.2 Å². The van der Waals surface area contributed by atoms with Crippen molar-refractivity contribution >= 4 is 54.3 Å². The fourth-order valence-electron chi connectivity index (χ4n) is 3.57. The highest BCUT2D eigenvalue weighted by atomic mass is 79.9. The van der Waals surface area contributed by atoms with Crippen LogP contribution in [0, 0.1) is 0 Å². The molecular weight excluding hydrogens is 470 g/mol. The summed E-state index contributed by atoms with van der Waals surface area (Å²) in [5.74, 6) is -0.359. The van der Waals surface area contributed by atoms with Gasteiger partial charge in [0.05, 0.1) is 5.69 Å². The van der Waals surface area contributed by atoms with E-state index >= 15 is 0 Å². The summed E-state index contributed by atoms with van der Waals surface area (Å²) in [7, 11) is 0. The molecule has 3 heterocycles. The fraction of sp³-hybridized carbons (Fsp3) is 0.400. The number of carbonyl (C=O) groups excluding carboxylic acids is 1.